The van der Waals surface area contributed by atoms with Crippen LogP contribution in [0.4, 0.5) is 0 Å². The molecule has 1 aromatic carbocycles. The molecular weight excluding hydrogens is 240 g/mol. The summed E-state index contributed by atoms with van der Waals surface area (Å²) in [6.45, 7) is 5.15. The summed E-state index contributed by atoms with van der Waals surface area (Å²) < 4.78 is 0. The lowest BCUT2D eigenvalue weighted by Gasteiger charge is -2.21. The molecule has 0 radical (unpaired) electrons. The third-order valence-corrected chi connectivity index (χ3v) is 3.73. The van der Waals surface area contributed by atoms with Crippen LogP contribution in [0.3, 0.4) is 0 Å². The second kappa shape index (κ2) is 6.68. The van der Waals surface area contributed by atoms with Gasteiger partial charge in [-0.15, -0.1) is 0 Å². The highest BCUT2D eigenvalue weighted by molar-refractivity contribution is 5.73. The number of likely N-dealkylation sites (N-methyl/N-ethyl adjacent to an activating group) is 1. The maximum Gasteiger partial charge on any atom is 0.322 e. The Bertz CT molecular complexity index is 408. The second-order valence-electron chi connectivity index (χ2n) is 5.10. The topological polar surface area (TPSA) is 52.6 Å². The first kappa shape index (κ1) is 14.0. The van der Waals surface area contributed by atoms with Crippen molar-refractivity contribution in [1.82, 2.24) is 10.2 Å². The number of likely N-dealkylation sites (tertiary alicyclic amines) is 1. The zero-order valence-electron chi connectivity index (χ0n) is 11.4. The number of aliphatic carboxylic acids is 1. The number of carbonyl (C=O) groups is 1. The molecule has 4 nitrogen and oxygen atoms in total. The summed E-state index contributed by atoms with van der Waals surface area (Å²) in [6.07, 6.45) is 1.11. The molecule has 1 aliphatic rings. The van der Waals surface area contributed by atoms with E-state index >= 15 is 0 Å². The lowest BCUT2D eigenvalue weighted by Crippen LogP contribution is -2.45. The number of carboxylic acid groups (broad SMARTS) is 1. The quantitative estimate of drug-likeness (QED) is 0.816. The summed E-state index contributed by atoms with van der Waals surface area (Å²) in [6, 6.07) is 10.0. The second-order valence-corrected chi connectivity index (χ2v) is 5.10. The zero-order chi connectivity index (χ0) is 13.7. The van der Waals surface area contributed by atoms with Gasteiger partial charge in [-0.2, -0.15) is 0 Å². The van der Waals surface area contributed by atoms with Crippen molar-refractivity contribution >= 4 is 5.97 Å². The molecule has 0 aliphatic carbocycles. The average molecular weight is 262 g/mol. The maximum absolute atomic E-state index is 11.1. The number of rotatable bonds is 6. The summed E-state index contributed by atoms with van der Waals surface area (Å²) in [5, 5.41) is 12.2. The minimum absolute atomic E-state index is 0.459. The fraction of sp³-hybridized carbons (Fsp3) is 0.533. The van der Waals surface area contributed by atoms with Crippen molar-refractivity contribution in [2.45, 2.75) is 25.3 Å². The van der Waals surface area contributed by atoms with Gasteiger partial charge < -0.3 is 15.3 Å². The minimum Gasteiger partial charge on any atom is -0.480 e. The van der Waals surface area contributed by atoms with Gasteiger partial charge in [0.05, 0.1) is 0 Å². The van der Waals surface area contributed by atoms with Gasteiger partial charge in [0.15, 0.2) is 0 Å². The van der Waals surface area contributed by atoms with Crippen molar-refractivity contribution in [2.24, 2.45) is 0 Å². The van der Waals surface area contributed by atoms with Gasteiger partial charge in [-0.3, -0.25) is 4.79 Å². The van der Waals surface area contributed by atoms with Crippen molar-refractivity contribution in [3.05, 3.63) is 35.9 Å². The highest BCUT2D eigenvalue weighted by Gasteiger charge is 2.27. The predicted molar refractivity (Wildman–Crippen MR) is 75.3 cm³/mol. The van der Waals surface area contributed by atoms with Gasteiger partial charge in [0.2, 0.25) is 0 Å². The minimum atomic E-state index is -0.759. The molecule has 0 saturated carbocycles. The summed E-state index contributed by atoms with van der Waals surface area (Å²) in [5.74, 6) is -0.220. The fourth-order valence-electron chi connectivity index (χ4n) is 2.73. The van der Waals surface area contributed by atoms with Gasteiger partial charge >= 0.3 is 5.97 Å². The number of hydrogen-bond donors (Lipinski definition) is 2. The van der Waals surface area contributed by atoms with Crippen molar-refractivity contribution < 1.29 is 9.90 Å². The third kappa shape index (κ3) is 3.78. The summed E-state index contributed by atoms with van der Waals surface area (Å²) in [7, 11) is 0. The van der Waals surface area contributed by atoms with Gasteiger partial charge in [-0.25, -0.2) is 0 Å². The molecular formula is C15H22N2O2. The molecule has 4 heteroatoms. The third-order valence-electron chi connectivity index (χ3n) is 3.73. The van der Waals surface area contributed by atoms with Crippen molar-refractivity contribution in [2.75, 3.05) is 26.2 Å². The van der Waals surface area contributed by atoms with Crippen LogP contribution in [0.5, 0.6) is 0 Å². The molecule has 2 unspecified atom stereocenters. The van der Waals surface area contributed by atoms with Crippen LogP contribution in [0.2, 0.25) is 0 Å². The molecule has 2 atom stereocenters. The molecule has 1 aromatic rings. The maximum atomic E-state index is 11.1. The van der Waals surface area contributed by atoms with Gasteiger partial charge in [0.25, 0.3) is 0 Å². The van der Waals surface area contributed by atoms with Crippen molar-refractivity contribution in [3.63, 3.8) is 0 Å². The largest absolute Gasteiger partial charge is 0.480 e. The van der Waals surface area contributed by atoms with Crippen LogP contribution < -0.4 is 5.32 Å². The van der Waals surface area contributed by atoms with Crippen LogP contribution in [0, 0.1) is 0 Å². The Morgan fingerprint density at radius 3 is 2.84 bits per heavy atom. The SMILES string of the molecule is CCNC(CN1CCC(c2ccccc2)C1)C(=O)O. The smallest absolute Gasteiger partial charge is 0.322 e. The Balaban J connectivity index is 1.89. The van der Waals surface area contributed by atoms with Crippen molar-refractivity contribution in [1.29, 1.82) is 0 Å². The Morgan fingerprint density at radius 2 is 2.21 bits per heavy atom. The lowest BCUT2D eigenvalue weighted by atomic mass is 9.99. The average Bonchev–Trinajstić information content (AvgIpc) is 2.88. The molecule has 0 aromatic heterocycles. The monoisotopic (exact) mass is 262 g/mol. The van der Waals surface area contributed by atoms with Gasteiger partial charge in [0, 0.05) is 13.1 Å². The standard InChI is InChI=1S/C15H22N2O2/c1-2-16-14(15(18)19)11-17-9-8-13(10-17)12-6-4-3-5-7-12/h3-7,13-14,16H,2,8-11H2,1H3,(H,18,19). The van der Waals surface area contributed by atoms with Crippen LogP contribution in [-0.2, 0) is 4.79 Å². The van der Waals surface area contributed by atoms with E-state index < -0.39 is 12.0 Å². The highest BCUT2D eigenvalue weighted by atomic mass is 16.4. The van der Waals surface area contributed by atoms with Crippen LogP contribution in [0.1, 0.15) is 24.8 Å². The van der Waals surface area contributed by atoms with E-state index in [-0.39, 0.29) is 0 Å². The van der Waals surface area contributed by atoms with Gasteiger partial charge in [0.1, 0.15) is 6.04 Å². The first-order valence-corrected chi connectivity index (χ1v) is 6.94. The van der Waals surface area contributed by atoms with E-state index in [0.29, 0.717) is 19.0 Å². The molecule has 104 valence electrons. The molecule has 1 fully saturated rings. The Labute approximate surface area is 114 Å². The van der Waals surface area contributed by atoms with Crippen LogP contribution in [0.15, 0.2) is 30.3 Å². The van der Waals surface area contributed by atoms with E-state index in [2.05, 4.69) is 34.5 Å². The summed E-state index contributed by atoms with van der Waals surface area (Å²) >= 11 is 0. The summed E-state index contributed by atoms with van der Waals surface area (Å²) in [4.78, 5) is 13.4. The number of benzene rings is 1. The van der Waals surface area contributed by atoms with E-state index in [0.717, 1.165) is 19.5 Å². The number of nitrogens with zero attached hydrogens (tertiary/aromatic N) is 1. The first-order valence-electron chi connectivity index (χ1n) is 6.94. The highest BCUT2D eigenvalue weighted by Crippen LogP contribution is 2.26. The molecule has 0 amide bonds. The van der Waals surface area contributed by atoms with Crippen molar-refractivity contribution in [3.8, 4) is 0 Å². The molecule has 0 spiro atoms. The molecule has 1 heterocycles. The van der Waals surface area contributed by atoms with Crippen LogP contribution in [0.25, 0.3) is 0 Å². The zero-order valence-corrected chi connectivity index (χ0v) is 11.4. The van der Waals surface area contributed by atoms with Crippen LogP contribution >= 0.6 is 0 Å². The summed E-state index contributed by atoms with van der Waals surface area (Å²) in [5.41, 5.74) is 1.36. The van der Waals surface area contributed by atoms with E-state index in [1.54, 1.807) is 0 Å². The van der Waals surface area contributed by atoms with E-state index in [9.17, 15) is 4.79 Å². The molecule has 1 aliphatic heterocycles. The molecule has 1 saturated heterocycles. The fourth-order valence-corrected chi connectivity index (χ4v) is 2.73. The van der Waals surface area contributed by atoms with E-state index in [1.807, 2.05) is 13.0 Å². The Kier molecular flexibility index (Phi) is 4.93. The first-order chi connectivity index (χ1) is 9.20. The molecule has 2 N–H and O–H groups in total. The number of carboxylic acids is 1. The van der Waals surface area contributed by atoms with E-state index in [4.69, 9.17) is 5.11 Å². The Morgan fingerprint density at radius 1 is 1.47 bits per heavy atom. The number of nitrogens with one attached hydrogen (secondary N) is 1. The Hall–Kier alpha value is -1.39. The normalized spacial score (nSPS) is 21.4. The lowest BCUT2D eigenvalue weighted by molar-refractivity contribution is -0.139. The van der Waals surface area contributed by atoms with Gasteiger partial charge in [-0.1, -0.05) is 37.3 Å². The van der Waals surface area contributed by atoms with Gasteiger partial charge in [-0.05, 0) is 31.0 Å². The molecule has 0 bridgehead atoms. The number of hydrogen-bond acceptors (Lipinski definition) is 3. The molecule has 2 rings (SSSR count). The molecule has 19 heavy (non-hydrogen) atoms. The van der Waals surface area contributed by atoms with E-state index in [1.165, 1.54) is 5.56 Å². The predicted octanol–water partition coefficient (Wildman–Crippen LogP) is 1.54. The van der Waals surface area contributed by atoms with Crippen LogP contribution in [-0.4, -0.2) is 48.2 Å².